The normalized spacial score (nSPS) is 11.4. The monoisotopic (exact) mass is 374 g/mol. The molecule has 5 heteroatoms. The fraction of sp³-hybridized carbons (Fsp3) is 0.0455. The lowest BCUT2D eigenvalue weighted by molar-refractivity contribution is 0.602. The lowest BCUT2D eigenvalue weighted by Gasteiger charge is -2.13. The Morgan fingerprint density at radius 3 is 2.30 bits per heavy atom. The Balaban J connectivity index is 1.84. The summed E-state index contributed by atoms with van der Waals surface area (Å²) in [6.45, 7) is 1.96. The summed E-state index contributed by atoms with van der Waals surface area (Å²) in [4.78, 5) is 4.54. The second-order valence-electron chi connectivity index (χ2n) is 6.35. The molecule has 4 rings (SSSR count). The Labute approximate surface area is 158 Å². The molecule has 0 aliphatic carbocycles. The minimum Gasteiger partial charge on any atom is -0.280 e. The van der Waals surface area contributed by atoms with Crippen molar-refractivity contribution in [2.24, 2.45) is 0 Å². The summed E-state index contributed by atoms with van der Waals surface area (Å²) in [6.07, 6.45) is 1.61. The molecule has 4 aromatic rings. The van der Waals surface area contributed by atoms with E-state index < -0.39 is 10.0 Å². The van der Waals surface area contributed by atoms with E-state index >= 15 is 0 Å². The van der Waals surface area contributed by atoms with Gasteiger partial charge in [0.15, 0.2) is 0 Å². The van der Waals surface area contributed by atoms with Crippen LogP contribution in [-0.4, -0.2) is 13.4 Å². The average Bonchev–Trinajstić information content (AvgIpc) is 2.69. The highest BCUT2D eigenvalue weighted by molar-refractivity contribution is 7.93. The Bertz CT molecular complexity index is 1200. The smallest absolute Gasteiger partial charge is 0.264 e. The summed E-state index contributed by atoms with van der Waals surface area (Å²) in [5.41, 5.74) is 4.02. The van der Waals surface area contributed by atoms with Crippen molar-refractivity contribution in [2.45, 2.75) is 11.8 Å². The average molecular weight is 374 g/mol. The van der Waals surface area contributed by atoms with E-state index in [2.05, 4.69) is 9.71 Å². The highest BCUT2D eigenvalue weighted by atomic mass is 32.2. The Kier molecular flexibility index (Phi) is 4.38. The fourth-order valence-electron chi connectivity index (χ4n) is 3.06. The van der Waals surface area contributed by atoms with Crippen LogP contribution >= 0.6 is 0 Å². The van der Waals surface area contributed by atoms with Crippen LogP contribution in [0.25, 0.3) is 22.0 Å². The molecule has 1 aromatic heterocycles. The first-order valence-corrected chi connectivity index (χ1v) is 10.1. The number of pyridine rings is 1. The number of rotatable bonds is 4. The lowest BCUT2D eigenvalue weighted by Crippen LogP contribution is -2.14. The topological polar surface area (TPSA) is 59.1 Å². The minimum absolute atomic E-state index is 0.165. The van der Waals surface area contributed by atoms with E-state index in [4.69, 9.17) is 0 Å². The fourth-order valence-corrected chi connectivity index (χ4v) is 4.29. The van der Waals surface area contributed by atoms with E-state index in [1.54, 1.807) is 24.4 Å². The van der Waals surface area contributed by atoms with Crippen LogP contribution < -0.4 is 4.72 Å². The maximum atomic E-state index is 13.0. The molecular weight excluding hydrogens is 356 g/mol. The summed E-state index contributed by atoms with van der Waals surface area (Å²) in [5.74, 6) is 0. The molecule has 4 nitrogen and oxygen atoms in total. The number of benzene rings is 3. The standard InChI is InChI=1S/C22H18N2O2S/c1-16-9-11-18(12-10-16)24-27(25,26)21-14-13-19(17-6-3-2-4-7-17)20-8-5-15-23-22(20)21/h2-15,24H,1H3. The third kappa shape index (κ3) is 3.41. The first-order valence-electron chi connectivity index (χ1n) is 8.57. The molecule has 0 radical (unpaired) electrons. The molecule has 1 heterocycles. The summed E-state index contributed by atoms with van der Waals surface area (Å²) in [6, 6.07) is 24.3. The molecule has 134 valence electrons. The predicted octanol–water partition coefficient (Wildman–Crippen LogP) is 5.01. The summed E-state index contributed by atoms with van der Waals surface area (Å²) in [5, 5.41) is 0.801. The molecule has 0 aliphatic heterocycles. The van der Waals surface area contributed by atoms with Gasteiger partial charge in [-0.2, -0.15) is 0 Å². The van der Waals surface area contributed by atoms with Crippen molar-refractivity contribution in [3.63, 3.8) is 0 Å². The van der Waals surface area contributed by atoms with Crippen molar-refractivity contribution in [3.8, 4) is 11.1 Å². The molecule has 0 saturated carbocycles. The van der Waals surface area contributed by atoms with E-state index in [1.807, 2.05) is 67.6 Å². The maximum absolute atomic E-state index is 13.0. The van der Waals surface area contributed by atoms with E-state index in [0.717, 1.165) is 22.1 Å². The van der Waals surface area contributed by atoms with Gasteiger partial charge in [0.05, 0.1) is 5.52 Å². The number of fused-ring (bicyclic) bond motifs is 1. The second kappa shape index (κ2) is 6.85. The third-order valence-electron chi connectivity index (χ3n) is 4.41. The van der Waals surface area contributed by atoms with Crippen molar-refractivity contribution in [1.82, 2.24) is 4.98 Å². The van der Waals surface area contributed by atoms with E-state index in [-0.39, 0.29) is 4.90 Å². The third-order valence-corrected chi connectivity index (χ3v) is 5.82. The summed E-state index contributed by atoms with van der Waals surface area (Å²) < 4.78 is 28.6. The van der Waals surface area contributed by atoms with Crippen LogP contribution in [-0.2, 0) is 10.0 Å². The van der Waals surface area contributed by atoms with Gasteiger partial charge >= 0.3 is 0 Å². The molecule has 1 N–H and O–H groups in total. The quantitative estimate of drug-likeness (QED) is 0.546. The number of hydrogen-bond donors (Lipinski definition) is 1. The minimum atomic E-state index is -3.76. The molecule has 0 amide bonds. The zero-order valence-corrected chi connectivity index (χ0v) is 15.6. The van der Waals surface area contributed by atoms with Gasteiger partial charge in [-0.1, -0.05) is 60.2 Å². The van der Waals surface area contributed by atoms with Crippen LogP contribution in [0.2, 0.25) is 0 Å². The first kappa shape index (κ1) is 17.2. The molecule has 0 unspecified atom stereocenters. The number of sulfonamides is 1. The van der Waals surface area contributed by atoms with Crippen LogP contribution in [0.5, 0.6) is 0 Å². The lowest BCUT2D eigenvalue weighted by atomic mass is 10.0. The molecule has 0 spiro atoms. The molecule has 0 fully saturated rings. The zero-order chi connectivity index (χ0) is 18.9. The zero-order valence-electron chi connectivity index (χ0n) is 14.8. The van der Waals surface area contributed by atoms with Crippen molar-refractivity contribution in [3.05, 3.63) is 90.6 Å². The number of hydrogen-bond acceptors (Lipinski definition) is 3. The van der Waals surface area contributed by atoms with Crippen molar-refractivity contribution < 1.29 is 8.42 Å². The van der Waals surface area contributed by atoms with Gasteiger partial charge < -0.3 is 0 Å². The number of aryl methyl sites for hydroxylation is 1. The number of anilines is 1. The highest BCUT2D eigenvalue weighted by Crippen LogP contribution is 2.32. The largest absolute Gasteiger partial charge is 0.280 e. The molecule has 0 aliphatic rings. The van der Waals surface area contributed by atoms with Crippen LogP contribution in [0.1, 0.15) is 5.56 Å². The maximum Gasteiger partial charge on any atom is 0.264 e. The highest BCUT2D eigenvalue weighted by Gasteiger charge is 2.20. The molecule has 0 saturated heterocycles. The van der Waals surface area contributed by atoms with Gasteiger partial charge in [-0.15, -0.1) is 0 Å². The van der Waals surface area contributed by atoms with Gasteiger partial charge in [0.1, 0.15) is 4.90 Å². The summed E-state index contributed by atoms with van der Waals surface area (Å²) >= 11 is 0. The van der Waals surface area contributed by atoms with E-state index in [9.17, 15) is 8.42 Å². The van der Waals surface area contributed by atoms with Crippen molar-refractivity contribution in [1.29, 1.82) is 0 Å². The predicted molar refractivity (Wildman–Crippen MR) is 109 cm³/mol. The van der Waals surface area contributed by atoms with Crippen LogP contribution in [0.15, 0.2) is 90.0 Å². The van der Waals surface area contributed by atoms with Gasteiger partial charge in [-0.3, -0.25) is 9.71 Å². The van der Waals surface area contributed by atoms with Crippen molar-refractivity contribution >= 4 is 26.6 Å². The number of aromatic nitrogens is 1. The van der Waals surface area contributed by atoms with E-state index in [1.165, 1.54) is 0 Å². The van der Waals surface area contributed by atoms with Gasteiger partial charge in [0, 0.05) is 17.3 Å². The molecule has 0 atom stereocenters. The second-order valence-corrected chi connectivity index (χ2v) is 8.00. The van der Waals surface area contributed by atoms with Gasteiger partial charge in [0.2, 0.25) is 0 Å². The van der Waals surface area contributed by atoms with Crippen molar-refractivity contribution in [2.75, 3.05) is 4.72 Å². The molecule has 0 bridgehead atoms. The Hall–Kier alpha value is -3.18. The van der Waals surface area contributed by atoms with Crippen LogP contribution in [0.4, 0.5) is 5.69 Å². The van der Waals surface area contributed by atoms with E-state index in [0.29, 0.717) is 11.2 Å². The molecular formula is C22H18N2O2S. The number of nitrogens with one attached hydrogen (secondary N) is 1. The van der Waals surface area contributed by atoms with Crippen LogP contribution in [0.3, 0.4) is 0 Å². The molecule has 27 heavy (non-hydrogen) atoms. The number of nitrogens with zero attached hydrogens (tertiary/aromatic N) is 1. The summed E-state index contributed by atoms with van der Waals surface area (Å²) in [7, 11) is -3.76. The van der Waals surface area contributed by atoms with Gasteiger partial charge in [-0.25, -0.2) is 8.42 Å². The molecule has 3 aromatic carbocycles. The Morgan fingerprint density at radius 1 is 0.815 bits per heavy atom. The van der Waals surface area contributed by atoms with Gasteiger partial charge in [0.25, 0.3) is 10.0 Å². The first-order chi connectivity index (χ1) is 13.0. The van der Waals surface area contributed by atoms with Gasteiger partial charge in [-0.05, 0) is 42.3 Å². The Morgan fingerprint density at radius 2 is 1.56 bits per heavy atom. The SMILES string of the molecule is Cc1ccc(NS(=O)(=O)c2ccc(-c3ccccc3)c3cccnc23)cc1. The van der Waals surface area contributed by atoms with Crippen LogP contribution in [0, 0.1) is 6.92 Å².